The predicted molar refractivity (Wildman–Crippen MR) is 141 cm³/mol. The first-order chi connectivity index (χ1) is 17.2. The van der Waals surface area contributed by atoms with Gasteiger partial charge in [0.15, 0.2) is 0 Å². The van der Waals surface area contributed by atoms with E-state index in [4.69, 9.17) is 9.47 Å². The lowest BCUT2D eigenvalue weighted by atomic mass is 9.79. The van der Waals surface area contributed by atoms with Crippen LogP contribution in [0, 0.1) is 11.8 Å². The summed E-state index contributed by atoms with van der Waals surface area (Å²) in [5.74, 6) is 1.70. The Bertz CT molecular complexity index is 1090. The zero-order valence-electron chi connectivity index (χ0n) is 21.1. The molecule has 0 aliphatic carbocycles. The van der Waals surface area contributed by atoms with Crippen LogP contribution in [-0.2, 0) is 22.4 Å². The van der Waals surface area contributed by atoms with Crippen LogP contribution in [0.5, 0.6) is 5.75 Å². The molecule has 0 spiro atoms. The van der Waals surface area contributed by atoms with Gasteiger partial charge in [-0.05, 0) is 98.8 Å². The smallest absolute Gasteiger partial charge is 0.305 e. The first-order valence-corrected chi connectivity index (χ1v) is 12.9. The Hall–Kier alpha value is -2.92. The number of likely N-dealkylation sites (tertiary alicyclic amines) is 1. The number of esters is 1. The summed E-state index contributed by atoms with van der Waals surface area (Å²) in [6.07, 6.45) is 9.07. The van der Waals surface area contributed by atoms with Crippen LogP contribution in [0.3, 0.4) is 0 Å². The van der Waals surface area contributed by atoms with Crippen molar-refractivity contribution < 1.29 is 14.3 Å². The van der Waals surface area contributed by atoms with Crippen molar-refractivity contribution in [2.24, 2.45) is 11.8 Å². The van der Waals surface area contributed by atoms with Gasteiger partial charge in [0.1, 0.15) is 5.75 Å². The Morgan fingerprint density at radius 1 is 1.03 bits per heavy atom. The monoisotopic (exact) mass is 474 g/mol. The minimum atomic E-state index is -0.0849. The zero-order valence-corrected chi connectivity index (χ0v) is 21.1. The molecule has 2 atom stereocenters. The first kappa shape index (κ1) is 25.2. The number of carbonyl (C=O) groups excluding carboxylic acids is 1. The van der Waals surface area contributed by atoms with Gasteiger partial charge in [-0.2, -0.15) is 0 Å². The summed E-state index contributed by atoms with van der Waals surface area (Å²) < 4.78 is 10.5. The lowest BCUT2D eigenvalue weighted by Gasteiger charge is -2.38. The Morgan fingerprint density at radius 2 is 1.89 bits per heavy atom. The number of hydrogen-bond donors (Lipinski definition) is 0. The molecule has 186 valence electrons. The van der Waals surface area contributed by atoms with Gasteiger partial charge >= 0.3 is 5.97 Å². The molecule has 1 fully saturated rings. The second kappa shape index (κ2) is 12.7. The third kappa shape index (κ3) is 7.04. The summed E-state index contributed by atoms with van der Waals surface area (Å²) in [4.78, 5) is 19.2. The van der Waals surface area contributed by atoms with Gasteiger partial charge in [-0.1, -0.05) is 30.3 Å². The number of hydrogen-bond acceptors (Lipinski definition) is 5. The second-order valence-corrected chi connectivity index (χ2v) is 9.72. The average molecular weight is 475 g/mol. The summed E-state index contributed by atoms with van der Waals surface area (Å²) >= 11 is 0. The molecule has 1 aromatic heterocycles. The molecule has 0 saturated carbocycles. The fraction of sp³-hybridized carbons (Fsp3) is 0.467. The van der Waals surface area contributed by atoms with E-state index in [1.165, 1.54) is 23.6 Å². The van der Waals surface area contributed by atoms with Crippen molar-refractivity contribution in [3.63, 3.8) is 0 Å². The topological polar surface area (TPSA) is 51.7 Å². The largest absolute Gasteiger partial charge is 0.497 e. The molecule has 5 heteroatoms. The molecule has 35 heavy (non-hydrogen) atoms. The van der Waals surface area contributed by atoms with Crippen LogP contribution in [0.2, 0.25) is 0 Å². The molecule has 2 aromatic carbocycles. The maximum Gasteiger partial charge on any atom is 0.305 e. The SMILES string of the molecule is COC(=O)C[C@H]1CN(CCCc2ccccc2)CC[C@H]1CCCc1ccnc2ccc(OC)cc12. The summed E-state index contributed by atoms with van der Waals surface area (Å²) in [6.45, 7) is 3.20. The average Bonchev–Trinajstić information content (AvgIpc) is 2.90. The van der Waals surface area contributed by atoms with Crippen molar-refractivity contribution in [2.75, 3.05) is 33.9 Å². The minimum absolute atomic E-state index is 0.0849. The number of rotatable bonds is 11. The van der Waals surface area contributed by atoms with E-state index >= 15 is 0 Å². The molecule has 3 aromatic rings. The number of piperidine rings is 1. The van der Waals surface area contributed by atoms with E-state index in [0.717, 1.165) is 69.4 Å². The summed E-state index contributed by atoms with van der Waals surface area (Å²) in [7, 11) is 3.20. The molecule has 5 nitrogen and oxygen atoms in total. The number of methoxy groups -OCH3 is 2. The highest BCUT2D eigenvalue weighted by Crippen LogP contribution is 2.32. The lowest BCUT2D eigenvalue weighted by Crippen LogP contribution is -2.42. The third-order valence-electron chi connectivity index (χ3n) is 7.47. The normalized spacial score (nSPS) is 18.5. The molecule has 0 bridgehead atoms. The van der Waals surface area contributed by atoms with E-state index in [9.17, 15) is 4.79 Å². The Balaban J connectivity index is 1.32. The van der Waals surface area contributed by atoms with Gasteiger partial charge in [-0.15, -0.1) is 0 Å². The van der Waals surface area contributed by atoms with Crippen molar-refractivity contribution in [2.45, 2.75) is 44.9 Å². The van der Waals surface area contributed by atoms with Crippen LogP contribution in [0.15, 0.2) is 60.8 Å². The molecule has 0 unspecified atom stereocenters. The quantitative estimate of drug-likeness (QED) is 0.334. The van der Waals surface area contributed by atoms with Crippen molar-refractivity contribution in [3.8, 4) is 5.75 Å². The molecule has 0 radical (unpaired) electrons. The number of fused-ring (bicyclic) bond motifs is 1. The van der Waals surface area contributed by atoms with Gasteiger partial charge in [0, 0.05) is 24.5 Å². The molecule has 2 heterocycles. The third-order valence-corrected chi connectivity index (χ3v) is 7.47. The summed E-state index contributed by atoms with van der Waals surface area (Å²) in [6, 6.07) is 18.9. The number of carbonyl (C=O) groups is 1. The maximum absolute atomic E-state index is 12.2. The molecule has 1 aliphatic heterocycles. The molecule has 4 rings (SSSR count). The van der Waals surface area contributed by atoms with Gasteiger partial charge in [0.25, 0.3) is 0 Å². The van der Waals surface area contributed by atoms with Crippen LogP contribution >= 0.6 is 0 Å². The van der Waals surface area contributed by atoms with Gasteiger partial charge in [0.05, 0.1) is 19.7 Å². The van der Waals surface area contributed by atoms with Crippen LogP contribution in [0.1, 0.15) is 43.2 Å². The van der Waals surface area contributed by atoms with Crippen LogP contribution in [0.25, 0.3) is 10.9 Å². The van der Waals surface area contributed by atoms with E-state index in [2.05, 4.69) is 52.3 Å². The highest BCUT2D eigenvalue weighted by Gasteiger charge is 2.30. The Labute approximate surface area is 209 Å². The van der Waals surface area contributed by atoms with Crippen molar-refractivity contribution in [1.29, 1.82) is 0 Å². The minimum Gasteiger partial charge on any atom is -0.497 e. The fourth-order valence-corrected chi connectivity index (χ4v) is 5.50. The number of aromatic nitrogens is 1. The van der Waals surface area contributed by atoms with Gasteiger partial charge in [0.2, 0.25) is 0 Å². The maximum atomic E-state index is 12.2. The van der Waals surface area contributed by atoms with E-state index in [0.29, 0.717) is 18.3 Å². The van der Waals surface area contributed by atoms with Crippen LogP contribution in [-0.4, -0.2) is 49.7 Å². The first-order valence-electron chi connectivity index (χ1n) is 12.9. The number of benzene rings is 2. The van der Waals surface area contributed by atoms with Gasteiger partial charge in [-0.3, -0.25) is 9.78 Å². The molecular weight excluding hydrogens is 436 g/mol. The number of pyridine rings is 1. The van der Waals surface area contributed by atoms with E-state index in [1.807, 2.05) is 18.3 Å². The van der Waals surface area contributed by atoms with Crippen molar-refractivity contribution >= 4 is 16.9 Å². The van der Waals surface area contributed by atoms with E-state index in [-0.39, 0.29) is 5.97 Å². The number of aryl methyl sites for hydroxylation is 2. The molecule has 1 saturated heterocycles. The van der Waals surface area contributed by atoms with Gasteiger partial charge in [-0.25, -0.2) is 0 Å². The van der Waals surface area contributed by atoms with Gasteiger partial charge < -0.3 is 14.4 Å². The second-order valence-electron chi connectivity index (χ2n) is 9.72. The number of nitrogens with zero attached hydrogens (tertiary/aromatic N) is 2. The molecule has 0 amide bonds. The molecule has 0 N–H and O–H groups in total. The van der Waals surface area contributed by atoms with Crippen LogP contribution < -0.4 is 4.74 Å². The zero-order chi connectivity index (χ0) is 24.5. The standard InChI is InChI=1S/C30H38N2O3/c1-34-27-13-14-29-28(21-27)25(15-17-31-29)12-6-11-24-16-19-32(22-26(24)20-30(33)35-2)18-7-10-23-8-4-3-5-9-23/h3-5,8-9,13-15,17,21,24,26H,6-7,10-12,16,18-20,22H2,1-2H3/t24-,26+/m1/s1. The van der Waals surface area contributed by atoms with Crippen molar-refractivity contribution in [1.82, 2.24) is 9.88 Å². The lowest BCUT2D eigenvalue weighted by molar-refractivity contribution is -0.142. The Morgan fingerprint density at radius 3 is 2.69 bits per heavy atom. The molecule has 1 aliphatic rings. The molecular formula is C30H38N2O3. The highest BCUT2D eigenvalue weighted by atomic mass is 16.5. The van der Waals surface area contributed by atoms with E-state index < -0.39 is 0 Å². The Kier molecular flexibility index (Phi) is 9.13. The predicted octanol–water partition coefficient (Wildman–Crippen LogP) is 5.70. The van der Waals surface area contributed by atoms with Crippen LogP contribution in [0.4, 0.5) is 0 Å². The number of ether oxygens (including phenoxy) is 2. The van der Waals surface area contributed by atoms with E-state index in [1.54, 1.807) is 7.11 Å². The fourth-order valence-electron chi connectivity index (χ4n) is 5.50. The van der Waals surface area contributed by atoms with Crippen molar-refractivity contribution in [3.05, 3.63) is 71.9 Å². The highest BCUT2D eigenvalue weighted by molar-refractivity contribution is 5.83. The summed E-state index contributed by atoms with van der Waals surface area (Å²) in [5, 5.41) is 1.17. The summed E-state index contributed by atoms with van der Waals surface area (Å²) in [5.41, 5.74) is 3.72.